The van der Waals surface area contributed by atoms with E-state index < -0.39 is 6.10 Å². The second-order valence-corrected chi connectivity index (χ2v) is 18.4. The second kappa shape index (κ2) is 59.3. The highest BCUT2D eigenvalue weighted by atomic mass is 16.6. The first-order chi connectivity index (χ1) is 34.6. The summed E-state index contributed by atoms with van der Waals surface area (Å²) in [6.07, 6.45) is 84.8. The van der Waals surface area contributed by atoms with Gasteiger partial charge in [-0.05, 0) is 128 Å². The van der Waals surface area contributed by atoms with Gasteiger partial charge in [0.1, 0.15) is 6.61 Å². The Hall–Kier alpha value is -3.96. The average molecular weight is 968 g/mol. The van der Waals surface area contributed by atoms with Crippen molar-refractivity contribution >= 4 is 11.9 Å². The van der Waals surface area contributed by atoms with E-state index >= 15 is 0 Å². The van der Waals surface area contributed by atoms with Crippen molar-refractivity contribution in [3.05, 3.63) is 134 Å². The number of rotatable bonds is 51. The molecule has 0 bridgehead atoms. The highest BCUT2D eigenvalue weighted by molar-refractivity contribution is 5.70. The molecule has 0 aromatic carbocycles. The lowest BCUT2D eigenvalue weighted by Crippen LogP contribution is -2.30. The highest BCUT2D eigenvalue weighted by Gasteiger charge is 2.17. The van der Waals surface area contributed by atoms with Crippen molar-refractivity contribution in [3.8, 4) is 0 Å². The van der Waals surface area contributed by atoms with Crippen LogP contribution in [0.25, 0.3) is 0 Å². The first kappa shape index (κ1) is 66.0. The van der Waals surface area contributed by atoms with Crippen LogP contribution in [0, 0.1) is 0 Å². The van der Waals surface area contributed by atoms with Crippen molar-refractivity contribution < 1.29 is 23.8 Å². The number of unbranched alkanes of at least 4 members (excludes halogenated alkanes) is 18. The molecule has 0 aliphatic carbocycles. The first-order valence-electron chi connectivity index (χ1n) is 28.7. The molecule has 0 heterocycles. The molecule has 0 fully saturated rings. The minimum atomic E-state index is -0.588. The number of hydrogen-bond donors (Lipinski definition) is 0. The van der Waals surface area contributed by atoms with Crippen molar-refractivity contribution in [1.29, 1.82) is 0 Å². The molecule has 0 spiro atoms. The van der Waals surface area contributed by atoms with Gasteiger partial charge in [-0.15, -0.1) is 0 Å². The maximum absolute atomic E-state index is 12.8. The third-order valence-corrected chi connectivity index (χ3v) is 11.7. The van der Waals surface area contributed by atoms with Gasteiger partial charge in [0.2, 0.25) is 0 Å². The van der Waals surface area contributed by atoms with Crippen molar-refractivity contribution in [3.63, 3.8) is 0 Å². The first-order valence-corrected chi connectivity index (χ1v) is 28.7. The smallest absolute Gasteiger partial charge is 0.306 e. The van der Waals surface area contributed by atoms with Crippen LogP contribution in [0.3, 0.4) is 0 Å². The Balaban J connectivity index is 4.43. The van der Waals surface area contributed by atoms with Gasteiger partial charge in [-0.25, -0.2) is 0 Å². The molecule has 70 heavy (non-hydrogen) atoms. The van der Waals surface area contributed by atoms with Gasteiger partial charge in [0.25, 0.3) is 0 Å². The number of allylic oxidation sites excluding steroid dienone is 22. The zero-order valence-electron chi connectivity index (χ0n) is 45.5. The highest BCUT2D eigenvalue weighted by Crippen LogP contribution is 2.13. The zero-order valence-corrected chi connectivity index (χ0v) is 45.5. The maximum Gasteiger partial charge on any atom is 0.306 e. The van der Waals surface area contributed by atoms with Gasteiger partial charge in [-0.1, -0.05) is 231 Å². The molecule has 0 saturated carbocycles. The summed E-state index contributed by atoms with van der Waals surface area (Å²) in [5.41, 5.74) is 0. The monoisotopic (exact) mass is 967 g/mol. The van der Waals surface area contributed by atoms with Crippen LogP contribution in [0.15, 0.2) is 134 Å². The van der Waals surface area contributed by atoms with E-state index in [-0.39, 0.29) is 25.2 Å². The lowest BCUT2D eigenvalue weighted by molar-refractivity contribution is -0.162. The Labute approximate surface area is 432 Å². The summed E-state index contributed by atoms with van der Waals surface area (Å²) in [7, 11) is 0. The summed E-state index contributed by atoms with van der Waals surface area (Å²) in [5, 5.41) is 0. The molecule has 0 amide bonds. The van der Waals surface area contributed by atoms with E-state index in [9.17, 15) is 9.59 Å². The van der Waals surface area contributed by atoms with E-state index in [4.69, 9.17) is 14.2 Å². The fraction of sp³-hybridized carbons (Fsp3) is 0.631. The molecule has 0 aliphatic heterocycles. The summed E-state index contributed by atoms with van der Waals surface area (Å²) in [4.78, 5) is 25.5. The van der Waals surface area contributed by atoms with E-state index in [2.05, 4.69) is 154 Å². The summed E-state index contributed by atoms with van der Waals surface area (Å²) in [5.74, 6) is -0.486. The molecule has 396 valence electrons. The Bertz CT molecular complexity index is 1470. The van der Waals surface area contributed by atoms with Crippen LogP contribution in [0.2, 0.25) is 0 Å². The van der Waals surface area contributed by atoms with Crippen LogP contribution >= 0.6 is 0 Å². The largest absolute Gasteiger partial charge is 0.462 e. The van der Waals surface area contributed by atoms with Crippen molar-refractivity contribution in [2.75, 3.05) is 19.8 Å². The average Bonchev–Trinajstić information content (AvgIpc) is 3.36. The quantitative estimate of drug-likeness (QED) is 0.0345. The Morgan fingerprint density at radius 1 is 0.329 bits per heavy atom. The molecule has 0 N–H and O–H groups in total. The normalized spacial score (nSPS) is 13.2. The van der Waals surface area contributed by atoms with E-state index in [0.29, 0.717) is 25.9 Å². The predicted molar refractivity (Wildman–Crippen MR) is 306 cm³/mol. The van der Waals surface area contributed by atoms with Gasteiger partial charge in [-0.2, -0.15) is 0 Å². The van der Waals surface area contributed by atoms with Gasteiger partial charge in [0.05, 0.1) is 6.61 Å². The van der Waals surface area contributed by atoms with Crippen LogP contribution in [0.4, 0.5) is 0 Å². The Morgan fingerprint density at radius 2 is 0.657 bits per heavy atom. The number of esters is 2. The van der Waals surface area contributed by atoms with Crippen LogP contribution in [0.1, 0.15) is 239 Å². The van der Waals surface area contributed by atoms with E-state index in [1.807, 2.05) is 0 Å². The number of ether oxygens (including phenoxy) is 3. The minimum Gasteiger partial charge on any atom is -0.462 e. The lowest BCUT2D eigenvalue weighted by Gasteiger charge is -2.18. The van der Waals surface area contributed by atoms with Crippen LogP contribution < -0.4 is 0 Å². The summed E-state index contributed by atoms with van der Waals surface area (Å²) in [6.45, 7) is 7.47. The van der Waals surface area contributed by atoms with Gasteiger partial charge in [0.15, 0.2) is 6.10 Å². The fourth-order valence-corrected chi connectivity index (χ4v) is 7.45. The third-order valence-electron chi connectivity index (χ3n) is 11.7. The number of carbonyl (C=O) groups excluding carboxylic acids is 2. The lowest BCUT2D eigenvalue weighted by atomic mass is 10.1. The van der Waals surface area contributed by atoms with Crippen molar-refractivity contribution in [1.82, 2.24) is 0 Å². The fourth-order valence-electron chi connectivity index (χ4n) is 7.45. The van der Waals surface area contributed by atoms with E-state index in [0.717, 1.165) is 109 Å². The molecule has 0 aromatic rings. The summed E-state index contributed by atoms with van der Waals surface area (Å²) >= 11 is 0. The molecular formula is C65H106O5. The Morgan fingerprint density at radius 3 is 1.07 bits per heavy atom. The molecule has 1 unspecified atom stereocenters. The van der Waals surface area contributed by atoms with Crippen LogP contribution in [-0.4, -0.2) is 37.9 Å². The molecular weight excluding hydrogens is 861 g/mol. The number of carbonyl (C=O) groups is 2. The molecule has 1 atom stereocenters. The predicted octanol–water partition coefficient (Wildman–Crippen LogP) is 19.9. The van der Waals surface area contributed by atoms with Gasteiger partial charge in [0, 0.05) is 19.4 Å². The third kappa shape index (κ3) is 56.6. The minimum absolute atomic E-state index is 0.0443. The second-order valence-electron chi connectivity index (χ2n) is 18.4. The molecule has 5 heteroatoms. The molecule has 0 radical (unpaired) electrons. The molecule has 0 saturated heterocycles. The van der Waals surface area contributed by atoms with Crippen molar-refractivity contribution in [2.45, 2.75) is 245 Å². The topological polar surface area (TPSA) is 61.8 Å². The van der Waals surface area contributed by atoms with Crippen molar-refractivity contribution in [2.24, 2.45) is 0 Å². The van der Waals surface area contributed by atoms with Gasteiger partial charge < -0.3 is 14.2 Å². The summed E-state index contributed by atoms with van der Waals surface area (Å²) in [6, 6.07) is 0. The van der Waals surface area contributed by atoms with Gasteiger partial charge >= 0.3 is 11.9 Å². The molecule has 0 aromatic heterocycles. The standard InChI is InChI=1S/C65H106O5/c1-4-7-10-13-16-19-22-25-28-31-33-35-37-40-43-46-49-52-55-58-64(66)69-62-63(61-68-60-57-54-51-48-45-42-39-36-32-29-26-23-20-17-14-11-8-5-2)70-65(67)59-56-53-50-47-44-41-38-34-30-27-24-21-18-15-12-9-6-3/h8-9,11-12,16-21,25-30,36,38-39,41,47,50,63H,4-7,10,13-15,22-24,31-35,37,40,42-46,48-49,51-62H2,1-3H3/b11-8-,12-9-,19-16-,20-17-,21-18-,28-25-,29-26-,30-27-,39-36-,41-38-,50-47-. The number of hydrogen-bond acceptors (Lipinski definition) is 5. The van der Waals surface area contributed by atoms with Crippen LogP contribution in [0.5, 0.6) is 0 Å². The van der Waals surface area contributed by atoms with E-state index in [1.54, 1.807) is 0 Å². The molecule has 5 nitrogen and oxygen atoms in total. The SMILES string of the molecule is CC/C=C\C/C=C\C/C=C\C/C=C\C/C=C\CCCC(=O)OC(COCCCCCCC/C=C\C/C=C\C/C=C\C/C=C\CC)COC(=O)CCCCCCCCCCC/C=C\C/C=C\CCCCC. The Kier molecular flexibility index (Phi) is 56.0. The molecule has 0 aliphatic rings. The van der Waals surface area contributed by atoms with Gasteiger partial charge in [-0.3, -0.25) is 9.59 Å². The maximum atomic E-state index is 12.8. The zero-order chi connectivity index (χ0) is 50.6. The molecule has 0 rings (SSSR count). The van der Waals surface area contributed by atoms with Crippen LogP contribution in [-0.2, 0) is 23.8 Å². The van der Waals surface area contributed by atoms with E-state index in [1.165, 1.54) is 89.9 Å². The summed E-state index contributed by atoms with van der Waals surface area (Å²) < 4.78 is 17.4.